The molecule has 98 valence electrons. The van der Waals surface area contributed by atoms with E-state index in [-0.39, 0.29) is 5.91 Å². The number of rotatable bonds is 7. The van der Waals surface area contributed by atoms with Gasteiger partial charge in [0, 0.05) is 12.6 Å². The second-order valence-electron chi connectivity index (χ2n) is 5.22. The highest BCUT2D eigenvalue weighted by Crippen LogP contribution is 2.33. The summed E-state index contributed by atoms with van der Waals surface area (Å²) in [5.41, 5.74) is 1.14. The molecule has 1 amide bonds. The van der Waals surface area contributed by atoms with Crippen LogP contribution in [-0.2, 0) is 11.3 Å². The van der Waals surface area contributed by atoms with Crippen LogP contribution >= 0.6 is 0 Å². The molecule has 1 aromatic rings. The third kappa shape index (κ3) is 4.88. The normalized spacial score (nSPS) is 16.3. The van der Waals surface area contributed by atoms with E-state index in [0.29, 0.717) is 19.1 Å². The standard InChI is InChI=1S/C15H22N2O/c1-12(9-13-7-8-13)16-11-15(18)17-10-14-5-3-2-4-6-14/h2-6,12-13,16H,7-11H2,1H3,(H,17,18). The maximum absolute atomic E-state index is 11.6. The number of carbonyl (C=O) groups is 1. The number of carbonyl (C=O) groups excluding carboxylic acids is 1. The largest absolute Gasteiger partial charge is 0.351 e. The fraction of sp³-hybridized carbons (Fsp3) is 0.533. The Morgan fingerprint density at radius 3 is 2.72 bits per heavy atom. The Labute approximate surface area is 109 Å². The minimum absolute atomic E-state index is 0.0708. The van der Waals surface area contributed by atoms with Gasteiger partial charge in [-0.2, -0.15) is 0 Å². The van der Waals surface area contributed by atoms with Gasteiger partial charge in [0.2, 0.25) is 5.91 Å². The average molecular weight is 246 g/mol. The molecule has 0 aromatic heterocycles. The first-order valence-corrected chi connectivity index (χ1v) is 6.78. The third-order valence-corrected chi connectivity index (χ3v) is 3.33. The summed E-state index contributed by atoms with van der Waals surface area (Å²) < 4.78 is 0. The summed E-state index contributed by atoms with van der Waals surface area (Å²) in [5.74, 6) is 0.973. The van der Waals surface area contributed by atoms with Gasteiger partial charge in [0.05, 0.1) is 6.54 Å². The summed E-state index contributed by atoms with van der Waals surface area (Å²) in [5, 5.41) is 6.20. The van der Waals surface area contributed by atoms with Crippen LogP contribution in [0, 0.1) is 5.92 Å². The van der Waals surface area contributed by atoms with E-state index in [1.54, 1.807) is 0 Å². The van der Waals surface area contributed by atoms with Crippen LogP contribution in [0.5, 0.6) is 0 Å². The molecule has 1 fully saturated rings. The summed E-state index contributed by atoms with van der Waals surface area (Å²) >= 11 is 0. The molecule has 3 heteroatoms. The number of benzene rings is 1. The second kappa shape index (κ2) is 6.55. The molecule has 1 saturated carbocycles. The Kier molecular flexibility index (Phi) is 4.76. The van der Waals surface area contributed by atoms with Gasteiger partial charge in [0.15, 0.2) is 0 Å². The first-order valence-electron chi connectivity index (χ1n) is 6.78. The molecule has 18 heavy (non-hydrogen) atoms. The minimum atomic E-state index is 0.0708. The van der Waals surface area contributed by atoms with Crippen LogP contribution in [-0.4, -0.2) is 18.5 Å². The molecular formula is C15H22N2O. The average Bonchev–Trinajstić information content (AvgIpc) is 3.19. The molecule has 0 aliphatic heterocycles. The van der Waals surface area contributed by atoms with Crippen LogP contribution in [0.1, 0.15) is 31.7 Å². The minimum Gasteiger partial charge on any atom is -0.351 e. The van der Waals surface area contributed by atoms with E-state index in [9.17, 15) is 4.79 Å². The SMILES string of the molecule is CC(CC1CC1)NCC(=O)NCc1ccccc1. The third-order valence-electron chi connectivity index (χ3n) is 3.33. The maximum atomic E-state index is 11.6. The Bertz CT molecular complexity index is 373. The van der Waals surface area contributed by atoms with Crippen molar-refractivity contribution < 1.29 is 4.79 Å². The van der Waals surface area contributed by atoms with Crippen molar-refractivity contribution in [2.75, 3.05) is 6.54 Å². The molecule has 0 radical (unpaired) electrons. The molecule has 1 unspecified atom stereocenters. The summed E-state index contributed by atoms with van der Waals surface area (Å²) in [4.78, 5) is 11.6. The second-order valence-corrected chi connectivity index (χ2v) is 5.22. The highest BCUT2D eigenvalue weighted by atomic mass is 16.1. The summed E-state index contributed by atoms with van der Waals surface area (Å²) in [6.45, 7) is 3.18. The highest BCUT2D eigenvalue weighted by molar-refractivity contribution is 5.77. The monoisotopic (exact) mass is 246 g/mol. The lowest BCUT2D eigenvalue weighted by atomic mass is 10.1. The smallest absolute Gasteiger partial charge is 0.234 e. The van der Waals surface area contributed by atoms with E-state index in [2.05, 4.69) is 17.6 Å². The highest BCUT2D eigenvalue weighted by Gasteiger charge is 2.23. The number of nitrogens with one attached hydrogen (secondary N) is 2. The number of amides is 1. The van der Waals surface area contributed by atoms with Crippen LogP contribution in [0.25, 0.3) is 0 Å². The zero-order chi connectivity index (χ0) is 12.8. The van der Waals surface area contributed by atoms with Crippen molar-refractivity contribution >= 4 is 5.91 Å². The van der Waals surface area contributed by atoms with Crippen LogP contribution < -0.4 is 10.6 Å². The zero-order valence-electron chi connectivity index (χ0n) is 11.0. The number of hydrogen-bond acceptors (Lipinski definition) is 2. The van der Waals surface area contributed by atoms with Crippen molar-refractivity contribution in [2.24, 2.45) is 5.92 Å². The van der Waals surface area contributed by atoms with Gasteiger partial charge in [-0.3, -0.25) is 4.79 Å². The first-order chi connectivity index (χ1) is 8.74. The molecule has 0 bridgehead atoms. The lowest BCUT2D eigenvalue weighted by Crippen LogP contribution is -2.37. The van der Waals surface area contributed by atoms with E-state index in [1.807, 2.05) is 30.3 Å². The van der Waals surface area contributed by atoms with E-state index in [4.69, 9.17) is 0 Å². The fourth-order valence-corrected chi connectivity index (χ4v) is 2.06. The van der Waals surface area contributed by atoms with Crippen LogP contribution in [0.15, 0.2) is 30.3 Å². The summed E-state index contributed by atoms with van der Waals surface area (Å²) in [6.07, 6.45) is 3.93. The van der Waals surface area contributed by atoms with Gasteiger partial charge in [0.25, 0.3) is 0 Å². The Morgan fingerprint density at radius 1 is 1.33 bits per heavy atom. The molecule has 1 aromatic carbocycles. The van der Waals surface area contributed by atoms with Crippen molar-refractivity contribution in [3.8, 4) is 0 Å². The summed E-state index contributed by atoms with van der Waals surface area (Å²) in [6, 6.07) is 10.4. The first kappa shape index (κ1) is 13.1. The van der Waals surface area contributed by atoms with Gasteiger partial charge in [-0.05, 0) is 24.8 Å². The van der Waals surface area contributed by atoms with Crippen LogP contribution in [0.2, 0.25) is 0 Å². The van der Waals surface area contributed by atoms with Gasteiger partial charge >= 0.3 is 0 Å². The summed E-state index contributed by atoms with van der Waals surface area (Å²) in [7, 11) is 0. The van der Waals surface area contributed by atoms with Gasteiger partial charge in [0.1, 0.15) is 0 Å². The molecule has 0 heterocycles. The molecule has 0 saturated heterocycles. The van der Waals surface area contributed by atoms with Crippen molar-refractivity contribution in [1.82, 2.24) is 10.6 Å². The van der Waals surface area contributed by atoms with Crippen LogP contribution in [0.3, 0.4) is 0 Å². The van der Waals surface area contributed by atoms with Gasteiger partial charge < -0.3 is 10.6 Å². The van der Waals surface area contributed by atoms with Crippen molar-refractivity contribution in [3.05, 3.63) is 35.9 Å². The molecule has 1 aliphatic rings. The van der Waals surface area contributed by atoms with Crippen molar-refractivity contribution in [2.45, 2.75) is 38.8 Å². The fourth-order valence-electron chi connectivity index (χ4n) is 2.06. The predicted octanol–water partition coefficient (Wildman–Crippen LogP) is 2.08. The van der Waals surface area contributed by atoms with Crippen LogP contribution in [0.4, 0.5) is 0 Å². The van der Waals surface area contributed by atoms with E-state index in [1.165, 1.54) is 19.3 Å². The van der Waals surface area contributed by atoms with Gasteiger partial charge in [-0.25, -0.2) is 0 Å². The molecule has 0 spiro atoms. The molecule has 3 nitrogen and oxygen atoms in total. The molecule has 2 N–H and O–H groups in total. The zero-order valence-corrected chi connectivity index (χ0v) is 11.0. The topological polar surface area (TPSA) is 41.1 Å². The number of hydrogen-bond donors (Lipinski definition) is 2. The van der Waals surface area contributed by atoms with Crippen molar-refractivity contribution in [3.63, 3.8) is 0 Å². The van der Waals surface area contributed by atoms with Gasteiger partial charge in [-0.1, -0.05) is 43.2 Å². The molecule has 2 rings (SSSR count). The lowest BCUT2D eigenvalue weighted by Gasteiger charge is -2.13. The Hall–Kier alpha value is -1.35. The lowest BCUT2D eigenvalue weighted by molar-refractivity contribution is -0.120. The van der Waals surface area contributed by atoms with Gasteiger partial charge in [-0.15, -0.1) is 0 Å². The predicted molar refractivity (Wildman–Crippen MR) is 73.1 cm³/mol. The molecule has 1 atom stereocenters. The molecular weight excluding hydrogens is 224 g/mol. The van der Waals surface area contributed by atoms with Crippen molar-refractivity contribution in [1.29, 1.82) is 0 Å². The maximum Gasteiger partial charge on any atom is 0.234 e. The van der Waals surface area contributed by atoms with E-state index < -0.39 is 0 Å². The van der Waals surface area contributed by atoms with E-state index >= 15 is 0 Å². The Morgan fingerprint density at radius 2 is 2.06 bits per heavy atom. The Balaban J connectivity index is 1.59. The van der Waals surface area contributed by atoms with E-state index in [0.717, 1.165) is 11.5 Å². The molecule has 1 aliphatic carbocycles. The quantitative estimate of drug-likeness (QED) is 0.773.